The Morgan fingerprint density at radius 2 is 1.61 bits per heavy atom. The molecule has 1 N–H and O–H groups in total. The lowest BCUT2D eigenvalue weighted by Crippen LogP contribution is -2.54. The van der Waals surface area contributed by atoms with Crippen molar-refractivity contribution in [3.8, 4) is 5.69 Å². The number of halogens is 1. The first-order chi connectivity index (χ1) is 14.8. The number of carbonyl (C=O) groups is 3. The molecule has 6 nitrogen and oxygen atoms in total. The van der Waals surface area contributed by atoms with Crippen LogP contribution < -0.4 is 10.2 Å². The van der Waals surface area contributed by atoms with Gasteiger partial charge in [0.15, 0.2) is 0 Å². The number of rotatable bonds is 3. The highest BCUT2D eigenvalue weighted by Gasteiger charge is 2.37. The molecule has 0 spiro atoms. The predicted molar refractivity (Wildman–Crippen MR) is 115 cm³/mol. The van der Waals surface area contributed by atoms with Crippen molar-refractivity contribution in [3.63, 3.8) is 0 Å². The molecule has 0 radical (unpaired) electrons. The third kappa shape index (κ3) is 3.54. The summed E-state index contributed by atoms with van der Waals surface area (Å²) >= 11 is 0. The molecule has 156 valence electrons. The Bertz CT molecular complexity index is 1260. The molecule has 4 amide bonds. The number of hydrogen-bond donors (Lipinski definition) is 1. The van der Waals surface area contributed by atoms with Crippen molar-refractivity contribution in [1.29, 1.82) is 0 Å². The monoisotopic (exact) mass is 417 g/mol. The molecule has 1 aliphatic rings. The summed E-state index contributed by atoms with van der Waals surface area (Å²) in [5, 5.41) is 2.25. The highest BCUT2D eigenvalue weighted by Crippen LogP contribution is 2.27. The summed E-state index contributed by atoms with van der Waals surface area (Å²) in [4.78, 5) is 39.0. The molecule has 0 saturated carbocycles. The number of nitrogens with zero attached hydrogens (tertiary/aromatic N) is 2. The maximum absolute atomic E-state index is 13.3. The maximum Gasteiger partial charge on any atom is 0.335 e. The SMILES string of the molecule is Cc1ccccc1N1C(=O)NC(=O)/C(=C/c2cc(C)n(-c3ccc(F)cc3)c2C)C1=O. The fourth-order valence-electron chi connectivity index (χ4n) is 3.77. The van der Waals surface area contributed by atoms with Gasteiger partial charge in [-0.25, -0.2) is 14.1 Å². The highest BCUT2D eigenvalue weighted by atomic mass is 19.1. The Kier molecular flexibility index (Phi) is 5.02. The number of barbiturate groups is 1. The Labute approximate surface area is 178 Å². The zero-order valence-corrected chi connectivity index (χ0v) is 17.3. The molecule has 2 aromatic carbocycles. The minimum Gasteiger partial charge on any atom is -0.318 e. The lowest BCUT2D eigenvalue weighted by atomic mass is 10.1. The number of aromatic nitrogens is 1. The Hall–Kier alpha value is -4.00. The van der Waals surface area contributed by atoms with Crippen molar-refractivity contribution in [2.45, 2.75) is 20.8 Å². The van der Waals surface area contributed by atoms with Crippen LogP contribution in [0, 0.1) is 26.6 Å². The standard InChI is InChI=1S/C24H20FN3O3/c1-14-6-4-5-7-21(14)28-23(30)20(22(29)26-24(28)31)13-17-12-15(2)27(16(17)3)19-10-8-18(25)9-11-19/h4-13H,1-3H3,(H,26,29,31)/b20-13-. The molecule has 2 heterocycles. The second-order valence-corrected chi connectivity index (χ2v) is 7.38. The fraction of sp³-hybridized carbons (Fsp3) is 0.125. The van der Waals surface area contributed by atoms with E-state index in [1.165, 1.54) is 18.2 Å². The highest BCUT2D eigenvalue weighted by molar-refractivity contribution is 6.39. The third-order valence-electron chi connectivity index (χ3n) is 5.31. The smallest absolute Gasteiger partial charge is 0.318 e. The summed E-state index contributed by atoms with van der Waals surface area (Å²) in [5.41, 5.74) is 4.05. The summed E-state index contributed by atoms with van der Waals surface area (Å²) in [6.45, 7) is 5.51. The summed E-state index contributed by atoms with van der Waals surface area (Å²) in [6.07, 6.45) is 1.48. The average Bonchev–Trinajstić information content (AvgIpc) is 3.00. The topological polar surface area (TPSA) is 71.4 Å². The first-order valence-electron chi connectivity index (χ1n) is 9.70. The van der Waals surface area contributed by atoms with Gasteiger partial charge in [0.25, 0.3) is 11.8 Å². The minimum absolute atomic E-state index is 0.137. The average molecular weight is 417 g/mol. The lowest BCUT2D eigenvalue weighted by molar-refractivity contribution is -0.122. The molecular formula is C24H20FN3O3. The normalized spacial score (nSPS) is 15.5. The number of anilines is 1. The van der Waals surface area contributed by atoms with Crippen LogP contribution >= 0.6 is 0 Å². The van der Waals surface area contributed by atoms with E-state index >= 15 is 0 Å². The van der Waals surface area contributed by atoms with E-state index in [4.69, 9.17) is 0 Å². The van der Waals surface area contributed by atoms with E-state index in [2.05, 4.69) is 5.32 Å². The number of aryl methyl sites for hydroxylation is 2. The zero-order chi connectivity index (χ0) is 22.3. The molecule has 1 aromatic heterocycles. The Morgan fingerprint density at radius 1 is 0.935 bits per heavy atom. The summed E-state index contributed by atoms with van der Waals surface area (Å²) in [7, 11) is 0. The van der Waals surface area contributed by atoms with Crippen LogP contribution in [0.15, 0.2) is 60.2 Å². The predicted octanol–water partition coefficient (Wildman–Crippen LogP) is 4.21. The van der Waals surface area contributed by atoms with Crippen LogP contribution in [-0.2, 0) is 9.59 Å². The number of carbonyl (C=O) groups excluding carboxylic acids is 3. The molecule has 1 aliphatic heterocycles. The van der Waals surface area contributed by atoms with Gasteiger partial charge in [-0.2, -0.15) is 0 Å². The van der Waals surface area contributed by atoms with E-state index in [1.807, 2.05) is 24.5 Å². The summed E-state index contributed by atoms with van der Waals surface area (Å²) < 4.78 is 15.2. The van der Waals surface area contributed by atoms with Crippen molar-refractivity contribution in [3.05, 3.63) is 88.5 Å². The number of para-hydroxylation sites is 1. The van der Waals surface area contributed by atoms with Crippen molar-refractivity contribution < 1.29 is 18.8 Å². The molecule has 0 bridgehead atoms. The van der Waals surface area contributed by atoms with Gasteiger partial charge < -0.3 is 4.57 Å². The van der Waals surface area contributed by atoms with Crippen molar-refractivity contribution >= 4 is 29.6 Å². The van der Waals surface area contributed by atoms with Crippen LogP contribution in [0.5, 0.6) is 0 Å². The van der Waals surface area contributed by atoms with E-state index < -0.39 is 17.8 Å². The molecule has 4 rings (SSSR count). The zero-order valence-electron chi connectivity index (χ0n) is 17.3. The van der Waals surface area contributed by atoms with Gasteiger partial charge in [0.1, 0.15) is 11.4 Å². The molecule has 1 fully saturated rings. The van der Waals surface area contributed by atoms with E-state index in [9.17, 15) is 18.8 Å². The van der Waals surface area contributed by atoms with Gasteiger partial charge >= 0.3 is 6.03 Å². The lowest BCUT2D eigenvalue weighted by Gasteiger charge is -2.27. The van der Waals surface area contributed by atoms with E-state index in [0.29, 0.717) is 11.3 Å². The minimum atomic E-state index is -0.779. The summed E-state index contributed by atoms with van der Waals surface area (Å²) in [5.74, 6) is -1.76. The molecular weight excluding hydrogens is 397 g/mol. The molecule has 0 unspecified atom stereocenters. The van der Waals surface area contributed by atoms with Gasteiger partial charge in [0.2, 0.25) is 0 Å². The van der Waals surface area contributed by atoms with Crippen LogP contribution in [0.1, 0.15) is 22.5 Å². The van der Waals surface area contributed by atoms with Crippen molar-refractivity contribution in [2.75, 3.05) is 4.90 Å². The van der Waals surface area contributed by atoms with Gasteiger partial charge in [-0.1, -0.05) is 18.2 Å². The van der Waals surface area contributed by atoms with E-state index in [-0.39, 0.29) is 11.4 Å². The Morgan fingerprint density at radius 3 is 2.29 bits per heavy atom. The molecule has 3 aromatic rings. The van der Waals surface area contributed by atoms with Crippen molar-refractivity contribution in [2.24, 2.45) is 0 Å². The molecule has 1 saturated heterocycles. The van der Waals surface area contributed by atoms with Gasteiger partial charge in [0, 0.05) is 17.1 Å². The number of amides is 4. The number of hydrogen-bond acceptors (Lipinski definition) is 3. The van der Waals surface area contributed by atoms with Gasteiger partial charge in [-0.05, 0) is 74.4 Å². The number of imide groups is 2. The number of nitrogens with one attached hydrogen (secondary N) is 1. The van der Waals surface area contributed by atoms with Gasteiger partial charge in [0.05, 0.1) is 5.69 Å². The largest absolute Gasteiger partial charge is 0.335 e. The van der Waals surface area contributed by atoms with Crippen LogP contribution in [0.4, 0.5) is 14.9 Å². The maximum atomic E-state index is 13.3. The third-order valence-corrected chi connectivity index (χ3v) is 5.31. The summed E-state index contributed by atoms with van der Waals surface area (Å²) in [6, 6.07) is 14.1. The molecule has 0 aliphatic carbocycles. The second kappa shape index (κ2) is 7.68. The van der Waals surface area contributed by atoms with Crippen molar-refractivity contribution in [1.82, 2.24) is 9.88 Å². The Balaban J connectivity index is 1.77. The number of urea groups is 1. The van der Waals surface area contributed by atoms with Crippen LogP contribution in [0.2, 0.25) is 0 Å². The fourth-order valence-corrected chi connectivity index (χ4v) is 3.77. The first-order valence-corrected chi connectivity index (χ1v) is 9.70. The van der Waals surface area contributed by atoms with Crippen LogP contribution in [-0.4, -0.2) is 22.4 Å². The van der Waals surface area contributed by atoms with Gasteiger partial charge in [-0.15, -0.1) is 0 Å². The van der Waals surface area contributed by atoms with E-state index in [1.54, 1.807) is 43.3 Å². The quantitative estimate of drug-likeness (QED) is 0.513. The first kappa shape index (κ1) is 20.3. The van der Waals surface area contributed by atoms with E-state index in [0.717, 1.165) is 27.5 Å². The molecule has 7 heteroatoms. The molecule has 0 atom stereocenters. The second-order valence-electron chi connectivity index (χ2n) is 7.38. The van der Waals surface area contributed by atoms with Crippen LogP contribution in [0.3, 0.4) is 0 Å². The van der Waals surface area contributed by atoms with Crippen LogP contribution in [0.25, 0.3) is 11.8 Å². The number of benzene rings is 2. The van der Waals surface area contributed by atoms with Gasteiger partial charge in [-0.3, -0.25) is 14.9 Å². The molecule has 31 heavy (non-hydrogen) atoms.